The van der Waals surface area contributed by atoms with E-state index in [1.807, 2.05) is 32.0 Å². The van der Waals surface area contributed by atoms with Crippen LogP contribution in [-0.2, 0) is 6.42 Å². The lowest BCUT2D eigenvalue weighted by atomic mass is 10.0. The van der Waals surface area contributed by atoms with E-state index in [0.29, 0.717) is 12.2 Å². The highest BCUT2D eigenvalue weighted by Crippen LogP contribution is 2.26. The largest absolute Gasteiger partial charge is 0.493 e. The Morgan fingerprint density at radius 3 is 2.56 bits per heavy atom. The van der Waals surface area contributed by atoms with Crippen molar-refractivity contribution in [2.45, 2.75) is 38.9 Å². The molecule has 0 heterocycles. The number of hydrogen-bond donors (Lipinski definition) is 1. The average molecular weight is 261 g/mol. The summed E-state index contributed by atoms with van der Waals surface area (Å²) in [6.45, 7) is 3.30. The van der Waals surface area contributed by atoms with Crippen LogP contribution in [0.15, 0.2) is 18.2 Å². The number of benzene rings is 1. The van der Waals surface area contributed by atoms with Crippen molar-refractivity contribution in [2.75, 3.05) is 6.61 Å². The van der Waals surface area contributed by atoms with Crippen LogP contribution >= 0.6 is 0 Å². The fourth-order valence-corrected chi connectivity index (χ4v) is 1.70. The molecular formula is C13H18F3NO. The zero-order chi connectivity index (χ0) is 13.8. The van der Waals surface area contributed by atoms with Crippen molar-refractivity contribution in [3.05, 3.63) is 29.3 Å². The van der Waals surface area contributed by atoms with Crippen molar-refractivity contribution >= 4 is 0 Å². The Kier molecular flexibility index (Phi) is 5.02. The van der Waals surface area contributed by atoms with Gasteiger partial charge in [-0.25, -0.2) is 0 Å². The maximum atomic E-state index is 12.1. The van der Waals surface area contributed by atoms with Crippen molar-refractivity contribution in [2.24, 2.45) is 5.73 Å². The van der Waals surface area contributed by atoms with Crippen LogP contribution in [0.25, 0.3) is 0 Å². The molecule has 1 aromatic carbocycles. The lowest BCUT2D eigenvalue weighted by Crippen LogP contribution is -2.19. The third-order valence-electron chi connectivity index (χ3n) is 2.47. The van der Waals surface area contributed by atoms with E-state index in [1.165, 1.54) is 0 Å². The minimum Gasteiger partial charge on any atom is -0.493 e. The van der Waals surface area contributed by atoms with Crippen molar-refractivity contribution < 1.29 is 17.9 Å². The number of hydrogen-bond acceptors (Lipinski definition) is 2. The molecule has 0 bridgehead atoms. The fraction of sp³-hybridized carbons (Fsp3) is 0.538. The molecule has 1 unspecified atom stereocenters. The van der Waals surface area contributed by atoms with Gasteiger partial charge in [-0.05, 0) is 31.4 Å². The van der Waals surface area contributed by atoms with E-state index in [-0.39, 0.29) is 12.6 Å². The minimum absolute atomic E-state index is 0.0585. The van der Waals surface area contributed by atoms with E-state index < -0.39 is 12.6 Å². The molecule has 2 nitrogen and oxygen atoms in total. The first-order valence-electron chi connectivity index (χ1n) is 5.83. The Balaban J connectivity index is 2.73. The van der Waals surface area contributed by atoms with Crippen LogP contribution < -0.4 is 10.5 Å². The number of aryl methyl sites for hydroxylation is 1. The van der Waals surface area contributed by atoms with Crippen molar-refractivity contribution in [1.82, 2.24) is 0 Å². The maximum Gasteiger partial charge on any atom is 0.392 e. The van der Waals surface area contributed by atoms with Crippen molar-refractivity contribution in [1.29, 1.82) is 0 Å². The minimum atomic E-state index is -4.19. The van der Waals surface area contributed by atoms with Crippen LogP contribution in [0, 0.1) is 6.92 Å². The van der Waals surface area contributed by atoms with Crippen LogP contribution in [0.4, 0.5) is 13.2 Å². The smallest absolute Gasteiger partial charge is 0.392 e. The second-order valence-corrected chi connectivity index (χ2v) is 4.46. The van der Waals surface area contributed by atoms with E-state index in [1.54, 1.807) is 0 Å². The van der Waals surface area contributed by atoms with Gasteiger partial charge in [0.05, 0.1) is 13.0 Å². The summed E-state index contributed by atoms with van der Waals surface area (Å²) in [4.78, 5) is 0. The molecule has 0 saturated heterocycles. The summed E-state index contributed by atoms with van der Waals surface area (Å²) >= 11 is 0. The number of nitrogens with two attached hydrogens (primary N) is 1. The van der Waals surface area contributed by atoms with E-state index in [0.717, 1.165) is 11.1 Å². The maximum absolute atomic E-state index is 12.1. The quantitative estimate of drug-likeness (QED) is 0.883. The Hall–Kier alpha value is -1.23. The number of halogens is 3. The molecule has 1 aromatic rings. The lowest BCUT2D eigenvalue weighted by molar-refractivity contribution is -0.139. The monoisotopic (exact) mass is 261 g/mol. The summed E-state index contributed by atoms with van der Waals surface area (Å²) in [7, 11) is 0. The first-order chi connectivity index (χ1) is 8.29. The van der Waals surface area contributed by atoms with Gasteiger partial charge in [0, 0.05) is 6.04 Å². The summed E-state index contributed by atoms with van der Waals surface area (Å²) < 4.78 is 41.5. The predicted octanol–water partition coefficient (Wildman–Crippen LogP) is 3.22. The Morgan fingerprint density at radius 1 is 1.33 bits per heavy atom. The summed E-state index contributed by atoms with van der Waals surface area (Å²) in [5, 5.41) is 0. The number of para-hydroxylation sites is 1. The van der Waals surface area contributed by atoms with E-state index in [4.69, 9.17) is 10.5 Å². The van der Waals surface area contributed by atoms with Crippen molar-refractivity contribution in [3.8, 4) is 5.75 Å². The highest BCUT2D eigenvalue weighted by molar-refractivity contribution is 5.41. The van der Waals surface area contributed by atoms with Gasteiger partial charge < -0.3 is 10.5 Å². The Morgan fingerprint density at radius 2 is 2.00 bits per heavy atom. The van der Waals surface area contributed by atoms with Crippen molar-refractivity contribution in [3.63, 3.8) is 0 Å². The van der Waals surface area contributed by atoms with Crippen LogP contribution in [-0.4, -0.2) is 18.8 Å². The second kappa shape index (κ2) is 6.09. The molecule has 1 atom stereocenters. The molecule has 0 saturated carbocycles. The highest BCUT2D eigenvalue weighted by atomic mass is 19.4. The van der Waals surface area contributed by atoms with Gasteiger partial charge in [-0.3, -0.25) is 0 Å². The lowest BCUT2D eigenvalue weighted by Gasteiger charge is -2.16. The molecule has 0 fully saturated rings. The third kappa shape index (κ3) is 4.96. The van der Waals surface area contributed by atoms with Gasteiger partial charge in [0.2, 0.25) is 0 Å². The zero-order valence-corrected chi connectivity index (χ0v) is 10.6. The molecule has 5 heteroatoms. The number of rotatable bonds is 5. The molecule has 0 spiro atoms. The Bertz CT molecular complexity index is 388. The first kappa shape index (κ1) is 14.8. The molecule has 0 aliphatic heterocycles. The van der Waals surface area contributed by atoms with Gasteiger partial charge >= 0.3 is 6.18 Å². The number of ether oxygens (including phenoxy) is 1. The van der Waals surface area contributed by atoms with Gasteiger partial charge in [-0.15, -0.1) is 0 Å². The molecule has 0 aliphatic rings. The normalized spacial score (nSPS) is 13.4. The van der Waals surface area contributed by atoms with Gasteiger partial charge in [0.1, 0.15) is 5.75 Å². The molecule has 0 aliphatic carbocycles. The van der Waals surface area contributed by atoms with Crippen LogP contribution in [0.1, 0.15) is 24.5 Å². The molecule has 0 radical (unpaired) electrons. The molecule has 0 aromatic heterocycles. The molecule has 1 rings (SSSR count). The van der Waals surface area contributed by atoms with Crippen LogP contribution in [0.2, 0.25) is 0 Å². The third-order valence-corrected chi connectivity index (χ3v) is 2.47. The summed E-state index contributed by atoms with van der Waals surface area (Å²) in [6, 6.07) is 5.44. The average Bonchev–Trinajstić information content (AvgIpc) is 2.19. The van der Waals surface area contributed by atoms with Gasteiger partial charge in [0.15, 0.2) is 0 Å². The summed E-state index contributed by atoms with van der Waals surface area (Å²) in [6.07, 6.45) is -4.55. The topological polar surface area (TPSA) is 35.2 Å². The zero-order valence-electron chi connectivity index (χ0n) is 10.6. The fourth-order valence-electron chi connectivity index (χ4n) is 1.70. The van der Waals surface area contributed by atoms with E-state index in [9.17, 15) is 13.2 Å². The predicted molar refractivity (Wildman–Crippen MR) is 64.7 cm³/mol. The summed E-state index contributed by atoms with van der Waals surface area (Å²) in [5.41, 5.74) is 7.39. The highest BCUT2D eigenvalue weighted by Gasteiger charge is 2.27. The molecule has 18 heavy (non-hydrogen) atoms. The van der Waals surface area contributed by atoms with Crippen LogP contribution in [0.5, 0.6) is 5.75 Å². The van der Waals surface area contributed by atoms with Crippen LogP contribution in [0.3, 0.4) is 0 Å². The molecule has 2 N–H and O–H groups in total. The standard InChI is InChI=1S/C13H18F3NO/c1-9-4-3-5-11(8-10(2)17)12(9)18-7-6-13(14,15)16/h3-5,10H,6-8,17H2,1-2H3. The van der Waals surface area contributed by atoms with Gasteiger partial charge in [-0.1, -0.05) is 18.2 Å². The van der Waals surface area contributed by atoms with Gasteiger partial charge in [0.25, 0.3) is 0 Å². The second-order valence-electron chi connectivity index (χ2n) is 4.46. The Labute approximate surface area is 105 Å². The number of alkyl halides is 3. The van der Waals surface area contributed by atoms with E-state index >= 15 is 0 Å². The molecule has 102 valence electrons. The van der Waals surface area contributed by atoms with E-state index in [2.05, 4.69) is 0 Å². The molecule has 0 amide bonds. The van der Waals surface area contributed by atoms with Gasteiger partial charge in [-0.2, -0.15) is 13.2 Å². The SMILES string of the molecule is Cc1cccc(CC(C)N)c1OCCC(F)(F)F. The molecular weight excluding hydrogens is 243 g/mol. The first-order valence-corrected chi connectivity index (χ1v) is 5.83. The summed E-state index contributed by atoms with van der Waals surface area (Å²) in [5.74, 6) is 0.527.